The molecule has 0 bridgehead atoms. The minimum atomic E-state index is -0.594. The standard InChI is InChI=1S/C27H36ClF2N3O2/c28-24-17-21(7-9-25(24)30)23-18-22(29)8-10-26(23)32-27(34)35-19-20-11-15-33(16-12-20)14-6-4-2-1-3-5-13-31/h7-10,17-18,20H,1-6,11-16,19,31H2,(H,32,34). The number of anilines is 1. The maximum Gasteiger partial charge on any atom is 0.411 e. The summed E-state index contributed by atoms with van der Waals surface area (Å²) in [6, 6.07) is 8.08. The van der Waals surface area contributed by atoms with E-state index in [1.165, 1.54) is 68.5 Å². The third kappa shape index (κ3) is 9.06. The summed E-state index contributed by atoms with van der Waals surface area (Å²) in [4.78, 5) is 14.9. The van der Waals surface area contributed by atoms with Gasteiger partial charge in [0.1, 0.15) is 11.6 Å². The summed E-state index contributed by atoms with van der Waals surface area (Å²) in [6.45, 7) is 4.32. The van der Waals surface area contributed by atoms with Crippen LogP contribution in [0.2, 0.25) is 5.02 Å². The molecule has 5 nitrogen and oxygen atoms in total. The number of unbranched alkanes of at least 4 members (excludes halogenated alkanes) is 5. The van der Waals surface area contributed by atoms with Crippen molar-refractivity contribution in [1.82, 2.24) is 4.90 Å². The monoisotopic (exact) mass is 507 g/mol. The fourth-order valence-electron chi connectivity index (χ4n) is 4.43. The number of nitrogens with zero attached hydrogens (tertiary/aromatic N) is 1. The summed E-state index contributed by atoms with van der Waals surface area (Å²) in [5.41, 5.74) is 6.79. The number of nitrogens with two attached hydrogens (primary N) is 1. The molecule has 1 amide bonds. The summed E-state index contributed by atoms with van der Waals surface area (Å²) >= 11 is 5.88. The van der Waals surface area contributed by atoms with E-state index in [-0.39, 0.29) is 5.02 Å². The van der Waals surface area contributed by atoms with Crippen LogP contribution in [0.4, 0.5) is 19.3 Å². The van der Waals surface area contributed by atoms with Crippen LogP contribution in [0.5, 0.6) is 0 Å². The molecule has 3 N–H and O–H groups in total. The lowest BCUT2D eigenvalue weighted by molar-refractivity contribution is 0.104. The van der Waals surface area contributed by atoms with E-state index in [0.717, 1.165) is 45.4 Å². The minimum Gasteiger partial charge on any atom is -0.449 e. The zero-order chi connectivity index (χ0) is 25.0. The summed E-state index contributed by atoms with van der Waals surface area (Å²) < 4.78 is 32.9. The van der Waals surface area contributed by atoms with Crippen molar-refractivity contribution in [3.8, 4) is 11.1 Å². The lowest BCUT2D eigenvalue weighted by Gasteiger charge is -2.31. The van der Waals surface area contributed by atoms with Gasteiger partial charge in [-0.3, -0.25) is 5.32 Å². The van der Waals surface area contributed by atoms with E-state index in [0.29, 0.717) is 29.3 Å². The molecule has 1 fully saturated rings. The molecular weight excluding hydrogens is 472 g/mol. The number of nitrogens with one attached hydrogen (secondary N) is 1. The second-order valence-corrected chi connectivity index (χ2v) is 9.64. The van der Waals surface area contributed by atoms with E-state index in [1.807, 2.05) is 0 Å². The van der Waals surface area contributed by atoms with E-state index in [1.54, 1.807) is 0 Å². The van der Waals surface area contributed by atoms with Crippen molar-refractivity contribution in [2.45, 2.75) is 51.4 Å². The molecule has 1 saturated heterocycles. The summed E-state index contributed by atoms with van der Waals surface area (Å²) in [6.07, 6.45) is 8.82. The molecule has 0 unspecified atom stereocenters. The largest absolute Gasteiger partial charge is 0.449 e. The predicted molar refractivity (Wildman–Crippen MR) is 138 cm³/mol. The maximum absolute atomic E-state index is 13.9. The average molecular weight is 508 g/mol. The molecule has 1 heterocycles. The lowest BCUT2D eigenvalue weighted by atomic mass is 9.97. The van der Waals surface area contributed by atoms with Crippen molar-refractivity contribution in [2.24, 2.45) is 11.7 Å². The Balaban J connectivity index is 1.40. The molecule has 0 aliphatic carbocycles. The van der Waals surface area contributed by atoms with E-state index in [9.17, 15) is 13.6 Å². The molecule has 3 rings (SSSR count). The van der Waals surface area contributed by atoms with Gasteiger partial charge in [0, 0.05) is 5.56 Å². The van der Waals surface area contributed by atoms with Crippen LogP contribution in [0.15, 0.2) is 36.4 Å². The second-order valence-electron chi connectivity index (χ2n) is 9.24. The molecule has 35 heavy (non-hydrogen) atoms. The highest BCUT2D eigenvalue weighted by Gasteiger charge is 2.21. The minimum absolute atomic E-state index is 0.0749. The number of ether oxygens (including phenoxy) is 1. The van der Waals surface area contributed by atoms with Crippen LogP contribution in [0.25, 0.3) is 11.1 Å². The van der Waals surface area contributed by atoms with E-state index >= 15 is 0 Å². The van der Waals surface area contributed by atoms with E-state index in [4.69, 9.17) is 22.1 Å². The first kappa shape index (κ1) is 27.4. The Morgan fingerprint density at radius 2 is 1.74 bits per heavy atom. The molecule has 2 aromatic carbocycles. The Morgan fingerprint density at radius 1 is 1.03 bits per heavy atom. The number of amides is 1. The van der Waals surface area contributed by atoms with E-state index in [2.05, 4.69) is 10.2 Å². The number of hydrogen-bond donors (Lipinski definition) is 2. The van der Waals surface area contributed by atoms with Crippen molar-refractivity contribution in [3.63, 3.8) is 0 Å². The molecule has 8 heteroatoms. The number of halogens is 3. The van der Waals surface area contributed by atoms with Crippen LogP contribution in [0, 0.1) is 17.6 Å². The third-order valence-electron chi connectivity index (χ3n) is 6.53. The molecule has 0 aromatic heterocycles. The van der Waals surface area contributed by atoms with Crippen molar-refractivity contribution in [2.75, 3.05) is 38.1 Å². The molecule has 0 saturated carbocycles. The first-order chi connectivity index (χ1) is 17.0. The normalized spacial score (nSPS) is 14.7. The number of benzene rings is 2. The SMILES string of the molecule is NCCCCCCCCN1CCC(COC(=O)Nc2ccc(F)cc2-c2ccc(F)c(Cl)c2)CC1. The highest BCUT2D eigenvalue weighted by Crippen LogP contribution is 2.32. The number of carbonyl (C=O) groups is 1. The molecule has 0 radical (unpaired) electrons. The van der Waals surface area contributed by atoms with E-state index < -0.39 is 17.7 Å². The van der Waals surface area contributed by atoms with Crippen LogP contribution in [0.3, 0.4) is 0 Å². The number of hydrogen-bond acceptors (Lipinski definition) is 4. The summed E-state index contributed by atoms with van der Waals surface area (Å²) in [5, 5.41) is 2.61. The second kappa shape index (κ2) is 14.4. The van der Waals surface area contributed by atoms with Gasteiger partial charge in [-0.15, -0.1) is 0 Å². The first-order valence-electron chi connectivity index (χ1n) is 12.6. The zero-order valence-electron chi connectivity index (χ0n) is 20.2. The van der Waals surface area contributed by atoms with Gasteiger partial charge >= 0.3 is 6.09 Å². The Hall–Kier alpha value is -2.22. The summed E-state index contributed by atoms with van der Waals surface area (Å²) in [7, 11) is 0. The van der Waals surface area contributed by atoms with Gasteiger partial charge in [-0.25, -0.2) is 13.6 Å². The Kier molecular flexibility index (Phi) is 11.2. The number of rotatable bonds is 12. The number of piperidine rings is 1. The molecule has 0 spiro atoms. The maximum atomic E-state index is 13.9. The molecule has 1 aliphatic heterocycles. The van der Waals surface area contributed by atoms with Crippen LogP contribution in [-0.2, 0) is 4.74 Å². The predicted octanol–water partition coefficient (Wildman–Crippen LogP) is 6.85. The topological polar surface area (TPSA) is 67.6 Å². The van der Waals surface area contributed by atoms with Gasteiger partial charge in [0.25, 0.3) is 0 Å². The zero-order valence-corrected chi connectivity index (χ0v) is 21.0. The number of likely N-dealkylation sites (tertiary alicyclic amines) is 1. The molecule has 1 aliphatic rings. The van der Waals surface area contributed by atoms with Crippen molar-refractivity contribution in [1.29, 1.82) is 0 Å². The van der Waals surface area contributed by atoms with Crippen LogP contribution < -0.4 is 11.1 Å². The van der Waals surface area contributed by atoms with Gasteiger partial charge in [-0.2, -0.15) is 0 Å². The fraction of sp³-hybridized carbons (Fsp3) is 0.519. The van der Waals surface area contributed by atoms with Crippen LogP contribution >= 0.6 is 11.6 Å². The Bertz CT molecular complexity index is 952. The fourth-order valence-corrected chi connectivity index (χ4v) is 4.61. The highest BCUT2D eigenvalue weighted by molar-refractivity contribution is 6.31. The molecule has 2 aromatic rings. The van der Waals surface area contributed by atoms with Crippen LogP contribution in [-0.4, -0.2) is 43.8 Å². The smallest absolute Gasteiger partial charge is 0.411 e. The van der Waals surface area contributed by atoms with Gasteiger partial charge < -0.3 is 15.4 Å². The van der Waals surface area contributed by atoms with Gasteiger partial charge in [-0.1, -0.05) is 43.4 Å². The van der Waals surface area contributed by atoms with Gasteiger partial charge in [-0.05, 0) is 93.7 Å². The Labute approximate surface area is 212 Å². The number of carbonyl (C=O) groups excluding carboxylic acids is 1. The van der Waals surface area contributed by atoms with Crippen molar-refractivity contribution < 1.29 is 18.3 Å². The Morgan fingerprint density at radius 3 is 2.46 bits per heavy atom. The quantitative estimate of drug-likeness (QED) is 0.308. The first-order valence-corrected chi connectivity index (χ1v) is 12.9. The van der Waals surface area contributed by atoms with Gasteiger partial charge in [0.15, 0.2) is 0 Å². The van der Waals surface area contributed by atoms with Crippen molar-refractivity contribution in [3.05, 3.63) is 53.1 Å². The van der Waals surface area contributed by atoms with Crippen molar-refractivity contribution >= 4 is 23.4 Å². The third-order valence-corrected chi connectivity index (χ3v) is 6.82. The average Bonchev–Trinajstić information content (AvgIpc) is 2.86. The van der Waals surface area contributed by atoms with Gasteiger partial charge in [0.05, 0.1) is 17.3 Å². The molecular formula is C27H36ClF2N3O2. The van der Waals surface area contributed by atoms with Crippen LogP contribution in [0.1, 0.15) is 51.4 Å². The molecule has 0 atom stereocenters. The van der Waals surface area contributed by atoms with Gasteiger partial charge in [0.2, 0.25) is 0 Å². The summed E-state index contributed by atoms with van der Waals surface area (Å²) in [5.74, 6) is -0.709. The lowest BCUT2D eigenvalue weighted by Crippen LogP contribution is -2.36. The highest BCUT2D eigenvalue weighted by atomic mass is 35.5. The molecule has 192 valence electrons.